The van der Waals surface area contributed by atoms with Crippen LogP contribution in [0.2, 0.25) is 0 Å². The second-order valence-electron chi connectivity index (χ2n) is 5.63. The Morgan fingerprint density at radius 3 is 2.59 bits per heavy atom. The second-order valence-corrected chi connectivity index (χ2v) is 5.63. The van der Waals surface area contributed by atoms with Crippen LogP contribution < -0.4 is 5.56 Å². The molecule has 0 aliphatic rings. The van der Waals surface area contributed by atoms with Crippen molar-refractivity contribution in [1.82, 2.24) is 4.57 Å². The van der Waals surface area contributed by atoms with Crippen molar-refractivity contribution in [3.8, 4) is 11.9 Å². The number of carbonyl (C=O) groups is 1. The molecule has 0 atom stereocenters. The molecule has 0 radical (unpaired) electrons. The molecule has 1 aromatic heterocycles. The molecule has 0 aliphatic carbocycles. The summed E-state index contributed by atoms with van der Waals surface area (Å²) >= 11 is 0. The van der Waals surface area contributed by atoms with Crippen molar-refractivity contribution in [3.05, 3.63) is 27.0 Å². The smallest absolute Gasteiger partial charge is 0.271 e. The first kappa shape index (κ1) is 17.9. The summed E-state index contributed by atoms with van der Waals surface area (Å²) in [6.07, 6.45) is 0.741. The normalized spacial score (nSPS) is 10.7. The first-order valence-electron chi connectivity index (χ1n) is 7.23. The Morgan fingerprint density at radius 2 is 2.09 bits per heavy atom. The number of pyridine rings is 1. The highest BCUT2D eigenvalue weighted by atomic mass is 16.5. The van der Waals surface area contributed by atoms with E-state index in [0.717, 1.165) is 4.57 Å². The van der Waals surface area contributed by atoms with Crippen LogP contribution in [0, 0.1) is 24.2 Å². The number of hydrogen-bond acceptors (Lipinski definition) is 5. The van der Waals surface area contributed by atoms with Gasteiger partial charge in [-0.25, -0.2) is 0 Å². The van der Waals surface area contributed by atoms with Crippen molar-refractivity contribution in [2.24, 2.45) is 5.92 Å². The summed E-state index contributed by atoms with van der Waals surface area (Å²) in [7, 11) is 1.54. The third kappa shape index (κ3) is 3.74. The van der Waals surface area contributed by atoms with Gasteiger partial charge in [-0.2, -0.15) is 5.26 Å². The molecule has 0 unspecified atom stereocenters. The molecule has 0 aliphatic heterocycles. The van der Waals surface area contributed by atoms with Crippen molar-refractivity contribution in [2.75, 3.05) is 13.7 Å². The van der Waals surface area contributed by atoms with Gasteiger partial charge in [-0.15, -0.1) is 0 Å². The van der Waals surface area contributed by atoms with Gasteiger partial charge in [0.05, 0.1) is 5.56 Å². The fourth-order valence-electron chi connectivity index (χ4n) is 2.33. The van der Waals surface area contributed by atoms with Crippen LogP contribution in [0.25, 0.3) is 0 Å². The van der Waals surface area contributed by atoms with Gasteiger partial charge in [0.1, 0.15) is 11.6 Å². The molecule has 6 nitrogen and oxygen atoms in total. The maximum absolute atomic E-state index is 12.3. The molecule has 0 spiro atoms. The lowest BCUT2D eigenvalue weighted by Crippen LogP contribution is -2.27. The van der Waals surface area contributed by atoms with E-state index < -0.39 is 5.56 Å². The van der Waals surface area contributed by atoms with Crippen LogP contribution in [0.3, 0.4) is 0 Å². The first-order chi connectivity index (χ1) is 10.3. The third-order valence-corrected chi connectivity index (χ3v) is 3.40. The average molecular weight is 306 g/mol. The van der Waals surface area contributed by atoms with Crippen LogP contribution >= 0.6 is 0 Å². The fourth-order valence-corrected chi connectivity index (χ4v) is 2.33. The number of ether oxygens (including phenoxy) is 1. The number of carbonyl (C=O) groups excluding carboxylic acids is 1. The Morgan fingerprint density at radius 1 is 1.45 bits per heavy atom. The number of nitrogens with zero attached hydrogens (tertiary/aromatic N) is 2. The number of aromatic nitrogens is 1. The molecule has 22 heavy (non-hydrogen) atoms. The molecule has 1 rings (SSSR count). The minimum atomic E-state index is -0.574. The lowest BCUT2D eigenvalue weighted by molar-refractivity contribution is 0.0962. The average Bonchev–Trinajstić information content (AvgIpc) is 2.42. The van der Waals surface area contributed by atoms with Gasteiger partial charge in [0.25, 0.3) is 5.56 Å². The van der Waals surface area contributed by atoms with Crippen LogP contribution in [0.5, 0.6) is 5.88 Å². The summed E-state index contributed by atoms with van der Waals surface area (Å²) in [5.41, 5.74) is -0.349. The van der Waals surface area contributed by atoms with Crippen LogP contribution in [0.1, 0.15) is 48.2 Å². The van der Waals surface area contributed by atoms with Gasteiger partial charge in [-0.1, -0.05) is 13.8 Å². The topological polar surface area (TPSA) is 92.3 Å². The summed E-state index contributed by atoms with van der Waals surface area (Å²) in [6, 6.07) is 1.84. The molecule has 0 amide bonds. The Hall–Kier alpha value is -2.13. The van der Waals surface area contributed by atoms with E-state index in [1.54, 1.807) is 0 Å². The van der Waals surface area contributed by atoms with E-state index in [1.807, 2.05) is 19.9 Å². The van der Waals surface area contributed by atoms with Gasteiger partial charge < -0.3 is 9.84 Å². The minimum absolute atomic E-state index is 0.0715. The van der Waals surface area contributed by atoms with E-state index in [2.05, 4.69) is 0 Å². The summed E-state index contributed by atoms with van der Waals surface area (Å²) in [5, 5.41) is 19.5. The van der Waals surface area contributed by atoms with Gasteiger partial charge in [-0.05, 0) is 24.8 Å². The maximum Gasteiger partial charge on any atom is 0.271 e. The predicted molar refractivity (Wildman–Crippen MR) is 82.1 cm³/mol. The minimum Gasteiger partial charge on any atom is -0.494 e. The monoisotopic (exact) mass is 306 g/mol. The summed E-state index contributed by atoms with van der Waals surface area (Å²) in [4.78, 5) is 24.6. The van der Waals surface area contributed by atoms with Gasteiger partial charge >= 0.3 is 0 Å². The highest BCUT2D eigenvalue weighted by molar-refractivity contribution is 6.00. The largest absolute Gasteiger partial charge is 0.494 e. The first-order valence-corrected chi connectivity index (χ1v) is 7.23. The SMILES string of the molecule is COCCCn1c(O)c(C(=O)CC(C)C)c(C)c(C#N)c1=O. The van der Waals surface area contributed by atoms with Gasteiger partial charge in [-0.3, -0.25) is 14.2 Å². The van der Waals surface area contributed by atoms with E-state index in [4.69, 9.17) is 4.74 Å². The number of hydrogen-bond donors (Lipinski definition) is 1. The van der Waals surface area contributed by atoms with Crippen molar-refractivity contribution >= 4 is 5.78 Å². The summed E-state index contributed by atoms with van der Waals surface area (Å²) in [5.74, 6) is -0.504. The Labute approximate surface area is 129 Å². The molecule has 1 aromatic rings. The molecule has 0 fully saturated rings. The van der Waals surface area contributed by atoms with E-state index in [9.17, 15) is 20.0 Å². The molecule has 0 bridgehead atoms. The lowest BCUT2D eigenvalue weighted by atomic mass is 9.96. The Balaban J connectivity index is 3.44. The van der Waals surface area contributed by atoms with Crippen LogP contribution in [-0.2, 0) is 11.3 Å². The number of aromatic hydroxyl groups is 1. The standard InChI is InChI=1S/C16H22N2O4/c1-10(2)8-13(19)14-11(3)12(9-17)15(20)18(16(14)21)6-5-7-22-4/h10,21H,5-8H2,1-4H3. The molecule has 120 valence electrons. The molecule has 0 saturated carbocycles. The third-order valence-electron chi connectivity index (χ3n) is 3.40. The second kappa shape index (κ2) is 7.76. The molecule has 1 heterocycles. The highest BCUT2D eigenvalue weighted by Gasteiger charge is 2.24. The van der Waals surface area contributed by atoms with E-state index in [-0.39, 0.29) is 47.2 Å². The molecule has 0 aromatic carbocycles. The highest BCUT2D eigenvalue weighted by Crippen LogP contribution is 2.24. The van der Waals surface area contributed by atoms with Crippen molar-refractivity contribution < 1.29 is 14.6 Å². The van der Waals surface area contributed by atoms with Crippen molar-refractivity contribution in [1.29, 1.82) is 5.26 Å². The molecular weight excluding hydrogens is 284 g/mol. The lowest BCUT2D eigenvalue weighted by Gasteiger charge is -2.16. The van der Waals surface area contributed by atoms with Gasteiger partial charge in [0.15, 0.2) is 5.78 Å². The number of Topliss-reactive ketones (excluding diaryl/α,β-unsaturated/α-hetero) is 1. The van der Waals surface area contributed by atoms with Crippen molar-refractivity contribution in [3.63, 3.8) is 0 Å². The zero-order valence-electron chi connectivity index (χ0n) is 13.5. The Bertz CT molecular complexity index is 654. The van der Waals surface area contributed by atoms with Gasteiger partial charge in [0.2, 0.25) is 5.88 Å². The quantitative estimate of drug-likeness (QED) is 0.614. The van der Waals surface area contributed by atoms with Crippen LogP contribution in [-0.4, -0.2) is 29.2 Å². The van der Waals surface area contributed by atoms with E-state index in [0.29, 0.717) is 13.0 Å². The molecular formula is C16H22N2O4. The molecule has 6 heteroatoms. The Kier molecular flexibility index (Phi) is 6.32. The summed E-state index contributed by atoms with van der Waals surface area (Å²) < 4.78 is 6.01. The summed E-state index contributed by atoms with van der Waals surface area (Å²) in [6.45, 7) is 5.91. The van der Waals surface area contributed by atoms with E-state index >= 15 is 0 Å². The maximum atomic E-state index is 12.3. The van der Waals surface area contributed by atoms with Crippen molar-refractivity contribution in [2.45, 2.75) is 40.2 Å². The van der Waals surface area contributed by atoms with Crippen LogP contribution in [0.15, 0.2) is 4.79 Å². The number of ketones is 1. The zero-order valence-corrected chi connectivity index (χ0v) is 13.5. The van der Waals surface area contributed by atoms with Gasteiger partial charge in [0, 0.05) is 26.7 Å². The van der Waals surface area contributed by atoms with Crippen LogP contribution in [0.4, 0.5) is 0 Å². The number of methoxy groups -OCH3 is 1. The number of nitriles is 1. The molecule has 0 saturated heterocycles. The number of rotatable bonds is 7. The zero-order chi connectivity index (χ0) is 16.9. The molecule has 1 N–H and O–H groups in total. The fraction of sp³-hybridized carbons (Fsp3) is 0.562. The van der Waals surface area contributed by atoms with E-state index in [1.165, 1.54) is 14.0 Å². The predicted octanol–water partition coefficient (Wildman–Crippen LogP) is 2.00.